The van der Waals surface area contributed by atoms with E-state index in [1.165, 1.54) is 18.3 Å². The molecule has 0 unspecified atom stereocenters. The van der Waals surface area contributed by atoms with E-state index in [0.717, 1.165) is 27.7 Å². The number of furan rings is 1. The minimum Gasteiger partial charge on any atom is -0.455 e. The summed E-state index contributed by atoms with van der Waals surface area (Å²) in [5.41, 5.74) is 3.73. The molecule has 29 heavy (non-hydrogen) atoms. The molecule has 150 valence electrons. The van der Waals surface area contributed by atoms with Gasteiger partial charge in [-0.3, -0.25) is 4.79 Å². The van der Waals surface area contributed by atoms with Crippen molar-refractivity contribution in [1.29, 1.82) is 0 Å². The topological polar surface area (TPSA) is 54.6 Å². The maximum atomic E-state index is 12.7. The molecule has 0 bridgehead atoms. The minimum absolute atomic E-state index is 0.221. The van der Waals surface area contributed by atoms with Crippen LogP contribution in [0.15, 0.2) is 68.6 Å². The van der Waals surface area contributed by atoms with Crippen LogP contribution >= 0.6 is 15.9 Å². The first-order chi connectivity index (χ1) is 13.7. The Labute approximate surface area is 173 Å². The van der Waals surface area contributed by atoms with Crippen molar-refractivity contribution in [3.05, 3.63) is 81.5 Å². The van der Waals surface area contributed by atoms with Gasteiger partial charge in [0.2, 0.25) is 5.91 Å². The van der Waals surface area contributed by atoms with Gasteiger partial charge in [0.1, 0.15) is 11.5 Å². The monoisotopic (exact) mass is 464 g/mol. The molecular formula is C21H16BrF3N2O2. The van der Waals surface area contributed by atoms with E-state index in [0.29, 0.717) is 11.5 Å². The normalized spacial score (nSPS) is 11.8. The zero-order chi connectivity index (χ0) is 21.0. The summed E-state index contributed by atoms with van der Waals surface area (Å²) in [7, 11) is 0. The van der Waals surface area contributed by atoms with Crippen molar-refractivity contribution in [3.8, 4) is 11.3 Å². The first-order valence-electron chi connectivity index (χ1n) is 8.57. The van der Waals surface area contributed by atoms with Gasteiger partial charge in [0.25, 0.3) is 0 Å². The van der Waals surface area contributed by atoms with Gasteiger partial charge in [-0.25, -0.2) is 5.43 Å². The second kappa shape index (κ2) is 8.65. The first kappa shape index (κ1) is 20.9. The molecule has 3 rings (SSSR count). The molecular weight excluding hydrogens is 449 g/mol. The Morgan fingerprint density at radius 2 is 1.97 bits per heavy atom. The van der Waals surface area contributed by atoms with Crippen molar-refractivity contribution in [2.45, 2.75) is 19.5 Å². The average Bonchev–Trinajstić information content (AvgIpc) is 3.10. The molecule has 0 fully saturated rings. The quantitative estimate of drug-likeness (QED) is 0.387. The minimum atomic E-state index is -4.45. The number of carbonyl (C=O) groups excluding carboxylic acids is 1. The largest absolute Gasteiger partial charge is 0.455 e. The lowest BCUT2D eigenvalue weighted by Crippen LogP contribution is -2.20. The van der Waals surface area contributed by atoms with Crippen LogP contribution in [0.1, 0.15) is 22.5 Å². The van der Waals surface area contributed by atoms with E-state index < -0.39 is 17.6 Å². The number of rotatable bonds is 5. The lowest BCUT2D eigenvalue weighted by molar-refractivity contribution is -0.137. The standard InChI is InChI=1S/C21H16BrF3N2O2/c1-13-5-7-17(18(22)9-13)19-8-6-16(29-19)12-26-27-20(28)11-14-3-2-4-15(10-14)21(23,24)25/h2-10,12H,11H2,1H3,(H,27,28)/b26-12-. The number of hydrogen-bond acceptors (Lipinski definition) is 3. The molecule has 0 aliphatic heterocycles. The molecule has 0 saturated heterocycles. The molecule has 0 spiro atoms. The highest BCUT2D eigenvalue weighted by Gasteiger charge is 2.30. The third-order valence-electron chi connectivity index (χ3n) is 4.02. The SMILES string of the molecule is Cc1ccc(-c2ccc(/C=N\NC(=O)Cc3cccc(C(F)(F)F)c3)o2)c(Br)c1. The summed E-state index contributed by atoms with van der Waals surface area (Å²) in [6.45, 7) is 1.98. The summed E-state index contributed by atoms with van der Waals surface area (Å²) in [6.07, 6.45) is -3.34. The van der Waals surface area contributed by atoms with Crippen LogP contribution in [-0.2, 0) is 17.4 Å². The van der Waals surface area contributed by atoms with Gasteiger partial charge in [0, 0.05) is 10.0 Å². The predicted molar refractivity (Wildman–Crippen MR) is 107 cm³/mol. The molecule has 8 heteroatoms. The van der Waals surface area contributed by atoms with Crippen LogP contribution in [0.3, 0.4) is 0 Å². The summed E-state index contributed by atoms with van der Waals surface area (Å²) >= 11 is 3.49. The lowest BCUT2D eigenvalue weighted by Gasteiger charge is -2.08. The fourth-order valence-corrected chi connectivity index (χ4v) is 3.33. The van der Waals surface area contributed by atoms with Crippen LogP contribution in [-0.4, -0.2) is 12.1 Å². The number of aryl methyl sites for hydroxylation is 1. The van der Waals surface area contributed by atoms with E-state index in [1.807, 2.05) is 25.1 Å². The third kappa shape index (κ3) is 5.57. The average molecular weight is 465 g/mol. The Bertz CT molecular complexity index is 1060. The molecule has 2 aromatic carbocycles. The number of benzene rings is 2. The zero-order valence-electron chi connectivity index (χ0n) is 15.3. The smallest absolute Gasteiger partial charge is 0.416 e. The number of halogens is 4. The number of hydrazone groups is 1. The van der Waals surface area contributed by atoms with E-state index in [9.17, 15) is 18.0 Å². The molecule has 0 radical (unpaired) electrons. The summed E-state index contributed by atoms with van der Waals surface area (Å²) in [4.78, 5) is 11.9. The Kier molecular flexibility index (Phi) is 6.22. The van der Waals surface area contributed by atoms with Crippen LogP contribution in [0.5, 0.6) is 0 Å². The molecule has 0 saturated carbocycles. The van der Waals surface area contributed by atoms with Gasteiger partial charge in [0.05, 0.1) is 18.2 Å². The summed E-state index contributed by atoms with van der Waals surface area (Å²) in [6, 6.07) is 14.0. The van der Waals surface area contributed by atoms with Crippen molar-refractivity contribution in [2.24, 2.45) is 5.10 Å². The van der Waals surface area contributed by atoms with E-state index in [2.05, 4.69) is 26.5 Å². The maximum absolute atomic E-state index is 12.7. The fraction of sp³-hybridized carbons (Fsp3) is 0.143. The summed E-state index contributed by atoms with van der Waals surface area (Å²) in [5.74, 6) is 0.522. The zero-order valence-corrected chi connectivity index (χ0v) is 16.8. The van der Waals surface area contributed by atoms with E-state index in [-0.39, 0.29) is 12.0 Å². The molecule has 1 amide bonds. The lowest BCUT2D eigenvalue weighted by atomic mass is 10.1. The Hall–Kier alpha value is -2.87. The van der Waals surface area contributed by atoms with E-state index >= 15 is 0 Å². The predicted octanol–water partition coefficient (Wildman–Crippen LogP) is 5.73. The highest BCUT2D eigenvalue weighted by molar-refractivity contribution is 9.10. The van der Waals surface area contributed by atoms with Crippen molar-refractivity contribution in [1.82, 2.24) is 5.43 Å². The number of hydrogen-bond donors (Lipinski definition) is 1. The van der Waals surface area contributed by atoms with Gasteiger partial charge in [-0.1, -0.05) is 40.2 Å². The van der Waals surface area contributed by atoms with Gasteiger partial charge >= 0.3 is 6.18 Å². The van der Waals surface area contributed by atoms with Crippen molar-refractivity contribution < 1.29 is 22.4 Å². The molecule has 0 aliphatic rings. The molecule has 1 aromatic heterocycles. The van der Waals surface area contributed by atoms with Gasteiger partial charge in [-0.05, 0) is 48.4 Å². The van der Waals surface area contributed by atoms with E-state index in [1.54, 1.807) is 12.1 Å². The van der Waals surface area contributed by atoms with Gasteiger partial charge in [0.15, 0.2) is 0 Å². The molecule has 3 aromatic rings. The highest BCUT2D eigenvalue weighted by Crippen LogP contribution is 2.30. The van der Waals surface area contributed by atoms with E-state index in [4.69, 9.17) is 4.42 Å². The number of carbonyl (C=O) groups is 1. The molecule has 4 nitrogen and oxygen atoms in total. The third-order valence-corrected chi connectivity index (χ3v) is 4.67. The highest BCUT2D eigenvalue weighted by atomic mass is 79.9. The van der Waals surface area contributed by atoms with Crippen molar-refractivity contribution >= 4 is 28.1 Å². The second-order valence-corrected chi connectivity index (χ2v) is 7.21. The van der Waals surface area contributed by atoms with Crippen LogP contribution < -0.4 is 5.43 Å². The van der Waals surface area contributed by atoms with Gasteiger partial charge in [-0.15, -0.1) is 0 Å². The molecule has 1 N–H and O–H groups in total. The first-order valence-corrected chi connectivity index (χ1v) is 9.36. The van der Waals surface area contributed by atoms with Crippen LogP contribution in [0.4, 0.5) is 13.2 Å². The maximum Gasteiger partial charge on any atom is 0.416 e. The molecule has 1 heterocycles. The number of amides is 1. The van der Waals surface area contributed by atoms with Crippen LogP contribution in [0.2, 0.25) is 0 Å². The van der Waals surface area contributed by atoms with Crippen molar-refractivity contribution in [2.75, 3.05) is 0 Å². The number of nitrogens with zero attached hydrogens (tertiary/aromatic N) is 1. The van der Waals surface area contributed by atoms with Gasteiger partial charge in [-0.2, -0.15) is 18.3 Å². The molecule has 0 aliphatic carbocycles. The Balaban J connectivity index is 1.60. The van der Waals surface area contributed by atoms with Crippen molar-refractivity contribution in [3.63, 3.8) is 0 Å². The second-order valence-electron chi connectivity index (χ2n) is 6.35. The Morgan fingerprint density at radius 1 is 1.17 bits per heavy atom. The van der Waals surface area contributed by atoms with Gasteiger partial charge < -0.3 is 4.42 Å². The fourth-order valence-electron chi connectivity index (χ4n) is 2.64. The summed E-state index contributed by atoms with van der Waals surface area (Å²) < 4.78 is 44.8. The van der Waals surface area contributed by atoms with Crippen LogP contribution in [0, 0.1) is 6.92 Å². The Morgan fingerprint density at radius 3 is 2.69 bits per heavy atom. The number of alkyl halides is 3. The van der Waals surface area contributed by atoms with Crippen LogP contribution in [0.25, 0.3) is 11.3 Å². The molecule has 0 atom stereocenters. The summed E-state index contributed by atoms with van der Waals surface area (Å²) in [5, 5.41) is 3.80. The number of nitrogens with one attached hydrogen (secondary N) is 1.